The van der Waals surface area contributed by atoms with Crippen LogP contribution in [-0.4, -0.2) is 32.4 Å². The van der Waals surface area contributed by atoms with Gasteiger partial charge in [-0.2, -0.15) is 0 Å². The summed E-state index contributed by atoms with van der Waals surface area (Å²) >= 11 is 0.758. The number of hydrogen-bond acceptors (Lipinski definition) is 5. The Labute approximate surface area is 122 Å². The molecule has 1 aromatic rings. The molecule has 110 valence electrons. The Balaban J connectivity index is 2.86. The van der Waals surface area contributed by atoms with E-state index >= 15 is 0 Å². The fraction of sp³-hybridized carbons (Fsp3) is 0.250. The summed E-state index contributed by atoms with van der Waals surface area (Å²) in [6.45, 7) is 3.65. The molecule has 20 heavy (non-hydrogen) atoms. The molecular formula is C12H16N2O4S2. The lowest BCUT2D eigenvalue weighted by atomic mass is 10.4. The van der Waals surface area contributed by atoms with Gasteiger partial charge in [0.2, 0.25) is 5.91 Å². The molecule has 1 amide bonds. The molecule has 0 spiro atoms. The maximum atomic E-state index is 12.3. The van der Waals surface area contributed by atoms with Crippen molar-refractivity contribution in [2.24, 2.45) is 0 Å². The van der Waals surface area contributed by atoms with Crippen molar-refractivity contribution in [2.75, 3.05) is 14.2 Å². The predicted molar refractivity (Wildman–Crippen MR) is 77.9 cm³/mol. The number of rotatable bonds is 7. The van der Waals surface area contributed by atoms with Crippen LogP contribution in [0.2, 0.25) is 0 Å². The molecule has 0 atom stereocenters. The highest BCUT2D eigenvalue weighted by atomic mass is 32.3. The van der Waals surface area contributed by atoms with Crippen LogP contribution in [-0.2, 0) is 19.7 Å². The summed E-state index contributed by atoms with van der Waals surface area (Å²) in [6, 6.07) is 7.87. The van der Waals surface area contributed by atoms with Gasteiger partial charge in [-0.05, 0) is 28.0 Å². The van der Waals surface area contributed by atoms with Crippen LogP contribution >= 0.6 is 11.9 Å². The van der Waals surface area contributed by atoms with E-state index in [1.165, 1.54) is 26.3 Å². The second-order valence-corrected chi connectivity index (χ2v) is 6.75. The largest absolute Gasteiger partial charge is 0.359 e. The van der Waals surface area contributed by atoms with Crippen LogP contribution in [0.3, 0.4) is 0 Å². The fourth-order valence-electron chi connectivity index (χ4n) is 1.27. The molecular weight excluding hydrogens is 300 g/mol. The molecule has 1 N–H and O–H groups in total. The monoisotopic (exact) mass is 316 g/mol. The summed E-state index contributed by atoms with van der Waals surface area (Å²) < 4.78 is 25.3. The molecule has 8 heteroatoms. The third-order valence-corrected chi connectivity index (χ3v) is 5.15. The van der Waals surface area contributed by atoms with E-state index in [1.54, 1.807) is 18.2 Å². The Kier molecular flexibility index (Phi) is 6.21. The van der Waals surface area contributed by atoms with Gasteiger partial charge in [0, 0.05) is 12.0 Å². The second kappa shape index (κ2) is 7.44. The summed E-state index contributed by atoms with van der Waals surface area (Å²) in [5.74, 6) is -0.254. The van der Waals surface area contributed by atoms with Gasteiger partial charge in [-0.1, -0.05) is 24.8 Å². The van der Waals surface area contributed by atoms with E-state index in [0.29, 0.717) is 4.91 Å². The smallest absolute Gasteiger partial charge is 0.275 e. The van der Waals surface area contributed by atoms with E-state index in [9.17, 15) is 13.2 Å². The summed E-state index contributed by atoms with van der Waals surface area (Å²) in [4.78, 5) is 16.5. The molecule has 1 aromatic carbocycles. The van der Waals surface area contributed by atoms with Crippen LogP contribution in [0.15, 0.2) is 46.7 Å². The van der Waals surface area contributed by atoms with Crippen molar-refractivity contribution in [1.29, 1.82) is 0 Å². The van der Waals surface area contributed by atoms with Crippen molar-refractivity contribution in [3.8, 4) is 0 Å². The van der Waals surface area contributed by atoms with E-state index < -0.39 is 10.0 Å². The van der Waals surface area contributed by atoms with Crippen molar-refractivity contribution in [3.05, 3.63) is 41.8 Å². The zero-order chi connectivity index (χ0) is 15.2. The van der Waals surface area contributed by atoms with Crippen LogP contribution in [0.4, 0.5) is 0 Å². The van der Waals surface area contributed by atoms with Gasteiger partial charge in [-0.3, -0.25) is 9.63 Å². The van der Waals surface area contributed by atoms with Crippen molar-refractivity contribution >= 4 is 27.9 Å². The first-order chi connectivity index (χ1) is 9.41. The van der Waals surface area contributed by atoms with Crippen LogP contribution in [0.5, 0.6) is 0 Å². The number of benzene rings is 1. The molecule has 0 aliphatic heterocycles. The predicted octanol–water partition coefficient (Wildman–Crippen LogP) is 1.54. The molecule has 0 bridgehead atoms. The molecule has 0 aliphatic rings. The Bertz CT molecular complexity index is 572. The van der Waals surface area contributed by atoms with Crippen molar-refractivity contribution in [2.45, 2.75) is 11.3 Å². The zero-order valence-electron chi connectivity index (χ0n) is 11.2. The van der Waals surface area contributed by atoms with Gasteiger partial charge in [-0.25, -0.2) is 8.42 Å². The van der Waals surface area contributed by atoms with E-state index in [-0.39, 0.29) is 17.2 Å². The van der Waals surface area contributed by atoms with Crippen LogP contribution in [0.1, 0.15) is 6.42 Å². The van der Waals surface area contributed by atoms with Gasteiger partial charge in [0.15, 0.2) is 0 Å². The van der Waals surface area contributed by atoms with Gasteiger partial charge in [-0.15, -0.1) is 0 Å². The maximum Gasteiger partial charge on any atom is 0.275 e. The lowest BCUT2D eigenvalue weighted by molar-refractivity contribution is -0.119. The number of sulfonamides is 1. The van der Waals surface area contributed by atoms with Gasteiger partial charge in [0.25, 0.3) is 10.0 Å². The third-order valence-electron chi connectivity index (χ3n) is 2.23. The summed E-state index contributed by atoms with van der Waals surface area (Å²) in [5.41, 5.74) is 0. The summed E-state index contributed by atoms with van der Waals surface area (Å²) in [6.07, 6.45) is 0.00529. The minimum atomic E-state index is -3.81. The number of carbonyl (C=O) groups excluding carboxylic acids is 1. The fourth-order valence-corrected chi connectivity index (χ4v) is 3.59. The molecule has 1 rings (SSSR count). The minimum Gasteiger partial charge on any atom is -0.359 e. The highest BCUT2D eigenvalue weighted by Gasteiger charge is 2.26. The first kappa shape index (κ1) is 16.7. The number of amides is 1. The Morgan fingerprint density at radius 2 is 2.00 bits per heavy atom. The summed E-state index contributed by atoms with van der Waals surface area (Å²) in [5, 5.41) is 2.44. The van der Waals surface area contributed by atoms with Gasteiger partial charge < -0.3 is 5.32 Å². The molecule has 0 fully saturated rings. The number of nitrogens with one attached hydrogen (secondary N) is 1. The van der Waals surface area contributed by atoms with Crippen molar-refractivity contribution < 1.29 is 18.0 Å². The molecule has 6 nitrogen and oxygen atoms in total. The average Bonchev–Trinajstić information content (AvgIpc) is 2.45. The molecule has 0 radical (unpaired) electrons. The lowest BCUT2D eigenvalue weighted by Crippen LogP contribution is -2.24. The van der Waals surface area contributed by atoms with Crippen LogP contribution in [0, 0.1) is 0 Å². The first-order valence-electron chi connectivity index (χ1n) is 5.62. The molecule has 0 saturated heterocycles. The standard InChI is InChI=1S/C12H16N2O4S2/c1-10(9-12(15)13-2)19-14(18-3)20(16,17)11-7-5-4-6-8-11/h4-8H,1,9H2,2-3H3,(H,13,15). The van der Waals surface area contributed by atoms with Crippen molar-refractivity contribution in [3.63, 3.8) is 0 Å². The van der Waals surface area contributed by atoms with Gasteiger partial charge >= 0.3 is 0 Å². The average molecular weight is 316 g/mol. The van der Waals surface area contributed by atoms with E-state index in [0.717, 1.165) is 15.8 Å². The highest BCUT2D eigenvalue weighted by molar-refractivity contribution is 8.10. The van der Waals surface area contributed by atoms with E-state index in [4.69, 9.17) is 4.84 Å². The Morgan fingerprint density at radius 3 is 2.50 bits per heavy atom. The number of nitrogens with zero attached hydrogens (tertiary/aromatic N) is 1. The van der Waals surface area contributed by atoms with Gasteiger partial charge in [0.1, 0.15) is 0 Å². The Morgan fingerprint density at radius 1 is 1.40 bits per heavy atom. The van der Waals surface area contributed by atoms with E-state index in [1.807, 2.05) is 0 Å². The summed E-state index contributed by atoms with van der Waals surface area (Å²) in [7, 11) is -1.08. The third kappa shape index (κ3) is 4.34. The minimum absolute atomic E-state index is 0.00529. The normalized spacial score (nSPS) is 11.3. The van der Waals surface area contributed by atoms with Gasteiger partial charge in [0.05, 0.1) is 18.4 Å². The van der Waals surface area contributed by atoms with Crippen molar-refractivity contribution in [1.82, 2.24) is 9.19 Å². The number of carbonyl (C=O) groups is 1. The topological polar surface area (TPSA) is 75.7 Å². The number of hydrogen-bond donors (Lipinski definition) is 1. The molecule has 0 unspecified atom stereocenters. The first-order valence-corrected chi connectivity index (χ1v) is 7.84. The lowest BCUT2D eigenvalue weighted by Gasteiger charge is -2.18. The quantitative estimate of drug-likeness (QED) is 0.610. The molecule has 0 aliphatic carbocycles. The molecule has 0 saturated carbocycles. The SMILES string of the molecule is C=C(CC(=O)NC)SN(OC)S(=O)(=O)c1ccccc1. The maximum absolute atomic E-state index is 12.3. The molecule has 0 aromatic heterocycles. The molecule has 0 heterocycles. The van der Waals surface area contributed by atoms with E-state index in [2.05, 4.69) is 11.9 Å². The van der Waals surface area contributed by atoms with Crippen LogP contribution < -0.4 is 5.32 Å². The zero-order valence-corrected chi connectivity index (χ0v) is 12.8. The second-order valence-electron chi connectivity index (χ2n) is 3.67. The Hall–Kier alpha value is -1.35. The highest BCUT2D eigenvalue weighted by Crippen LogP contribution is 2.29. The van der Waals surface area contributed by atoms with Crippen LogP contribution in [0.25, 0.3) is 0 Å².